The van der Waals surface area contributed by atoms with Gasteiger partial charge in [-0.05, 0) is 67.4 Å². The van der Waals surface area contributed by atoms with Gasteiger partial charge in [0.1, 0.15) is 12.3 Å². The van der Waals surface area contributed by atoms with Crippen LogP contribution in [-0.2, 0) is 14.8 Å². The molecule has 0 aliphatic rings. The lowest BCUT2D eigenvalue weighted by Crippen LogP contribution is -2.41. The molecule has 3 aromatic rings. The van der Waals surface area contributed by atoms with Gasteiger partial charge in [0.05, 0.1) is 23.7 Å². The lowest BCUT2D eigenvalue weighted by atomic mass is 10.1. The van der Waals surface area contributed by atoms with Crippen LogP contribution in [0.15, 0.2) is 77.7 Å². The summed E-state index contributed by atoms with van der Waals surface area (Å²) in [5.74, 6) is 0.293. The molecule has 0 saturated carbocycles. The van der Waals surface area contributed by atoms with E-state index in [1.165, 1.54) is 24.3 Å². The van der Waals surface area contributed by atoms with E-state index < -0.39 is 15.9 Å². The molecule has 0 saturated heterocycles. The van der Waals surface area contributed by atoms with Gasteiger partial charge in [-0.3, -0.25) is 9.10 Å². The molecule has 1 atom stereocenters. The number of halogens is 1. The molecule has 0 unspecified atom stereocenters. The Morgan fingerprint density at radius 1 is 1.03 bits per heavy atom. The zero-order valence-electron chi connectivity index (χ0n) is 18.1. The van der Waals surface area contributed by atoms with Gasteiger partial charge in [-0.1, -0.05) is 41.9 Å². The average molecular weight is 473 g/mol. The maximum Gasteiger partial charge on any atom is 0.264 e. The average Bonchev–Trinajstić information content (AvgIpc) is 2.78. The first-order chi connectivity index (χ1) is 15.2. The molecule has 8 heteroatoms. The van der Waals surface area contributed by atoms with Crippen molar-refractivity contribution in [1.29, 1.82) is 0 Å². The summed E-state index contributed by atoms with van der Waals surface area (Å²) in [5.41, 5.74) is 2.05. The number of hydrogen-bond acceptors (Lipinski definition) is 4. The van der Waals surface area contributed by atoms with Crippen molar-refractivity contribution in [1.82, 2.24) is 5.32 Å². The zero-order valence-corrected chi connectivity index (χ0v) is 19.7. The fourth-order valence-corrected chi connectivity index (χ4v) is 4.88. The molecule has 0 heterocycles. The first-order valence-corrected chi connectivity index (χ1v) is 11.8. The quantitative estimate of drug-likeness (QED) is 0.514. The Kier molecular flexibility index (Phi) is 7.43. The maximum atomic E-state index is 13.4. The second-order valence-electron chi connectivity index (χ2n) is 7.31. The molecule has 0 radical (unpaired) electrons. The molecule has 0 bridgehead atoms. The van der Waals surface area contributed by atoms with Crippen molar-refractivity contribution in [2.75, 3.05) is 18.0 Å². The molecular weight excluding hydrogens is 448 g/mol. The fourth-order valence-electron chi connectivity index (χ4n) is 3.27. The number of carbonyl (C=O) groups is 1. The number of amides is 1. The van der Waals surface area contributed by atoms with E-state index >= 15 is 0 Å². The van der Waals surface area contributed by atoms with Crippen LogP contribution in [0.4, 0.5) is 5.69 Å². The van der Waals surface area contributed by atoms with E-state index in [2.05, 4.69) is 5.32 Å². The van der Waals surface area contributed by atoms with Crippen LogP contribution in [-0.4, -0.2) is 28.0 Å². The van der Waals surface area contributed by atoms with E-state index in [0.29, 0.717) is 16.5 Å². The van der Waals surface area contributed by atoms with Gasteiger partial charge in [0, 0.05) is 5.02 Å². The summed E-state index contributed by atoms with van der Waals surface area (Å²) >= 11 is 5.92. The predicted molar refractivity (Wildman–Crippen MR) is 127 cm³/mol. The number of benzene rings is 3. The molecule has 1 N–H and O–H groups in total. The Balaban J connectivity index is 1.87. The standard InChI is InChI=1S/C24H25ClN2O4S/c1-17-6-4-5-7-23(17)27(32(29,30)22-14-10-20(25)11-15-22)16-24(28)26-18(2)19-8-12-21(31-3)13-9-19/h4-15,18H,16H2,1-3H3,(H,26,28)/t18-/m0/s1. The highest BCUT2D eigenvalue weighted by Crippen LogP contribution is 2.27. The van der Waals surface area contributed by atoms with E-state index in [9.17, 15) is 13.2 Å². The molecule has 3 rings (SSSR count). The van der Waals surface area contributed by atoms with Crippen LogP contribution < -0.4 is 14.4 Å². The molecule has 0 fully saturated rings. The Morgan fingerprint density at radius 3 is 2.25 bits per heavy atom. The number of nitrogens with zero attached hydrogens (tertiary/aromatic N) is 1. The fraction of sp³-hybridized carbons (Fsp3) is 0.208. The molecule has 32 heavy (non-hydrogen) atoms. The second kappa shape index (κ2) is 10.1. The topological polar surface area (TPSA) is 75.7 Å². The van der Waals surface area contributed by atoms with Crippen LogP contribution in [0.1, 0.15) is 24.1 Å². The first-order valence-electron chi connectivity index (χ1n) is 9.99. The summed E-state index contributed by atoms with van der Waals surface area (Å²) in [4.78, 5) is 13.0. The Bertz CT molecular complexity index is 1180. The van der Waals surface area contributed by atoms with E-state index in [4.69, 9.17) is 16.3 Å². The maximum absolute atomic E-state index is 13.4. The van der Waals surface area contributed by atoms with Crippen LogP contribution in [0, 0.1) is 6.92 Å². The number of carbonyl (C=O) groups excluding carboxylic acids is 1. The van der Waals surface area contributed by atoms with E-state index in [-0.39, 0.29) is 17.5 Å². The zero-order chi connectivity index (χ0) is 23.3. The molecule has 0 spiro atoms. The smallest absolute Gasteiger partial charge is 0.264 e. The number of ether oxygens (including phenoxy) is 1. The number of hydrogen-bond donors (Lipinski definition) is 1. The SMILES string of the molecule is COc1ccc([C@H](C)NC(=O)CN(c2ccccc2C)S(=O)(=O)c2ccc(Cl)cc2)cc1. The Labute approximate surface area is 193 Å². The van der Waals surface area contributed by atoms with Crippen LogP contribution in [0.25, 0.3) is 0 Å². The highest BCUT2D eigenvalue weighted by molar-refractivity contribution is 7.92. The highest BCUT2D eigenvalue weighted by Gasteiger charge is 2.28. The third-order valence-electron chi connectivity index (χ3n) is 5.07. The summed E-state index contributed by atoms with van der Waals surface area (Å²) < 4.78 is 33.2. The molecule has 168 valence electrons. The summed E-state index contributed by atoms with van der Waals surface area (Å²) in [6.45, 7) is 3.28. The van der Waals surface area contributed by atoms with Crippen molar-refractivity contribution >= 4 is 33.2 Å². The third-order valence-corrected chi connectivity index (χ3v) is 7.09. The Hall–Kier alpha value is -3.03. The van der Waals surface area contributed by atoms with Crippen LogP contribution in [0.2, 0.25) is 5.02 Å². The highest BCUT2D eigenvalue weighted by atomic mass is 35.5. The van der Waals surface area contributed by atoms with Gasteiger partial charge < -0.3 is 10.1 Å². The van der Waals surface area contributed by atoms with Crippen LogP contribution in [0.5, 0.6) is 5.75 Å². The molecule has 1 amide bonds. The Morgan fingerprint density at radius 2 is 1.66 bits per heavy atom. The molecule has 0 aliphatic carbocycles. The minimum absolute atomic E-state index is 0.0566. The summed E-state index contributed by atoms with van der Waals surface area (Å²) in [7, 11) is -2.42. The van der Waals surface area contributed by atoms with Gasteiger partial charge in [-0.25, -0.2) is 8.42 Å². The van der Waals surface area contributed by atoms with Crippen molar-refractivity contribution in [3.8, 4) is 5.75 Å². The lowest BCUT2D eigenvalue weighted by molar-refractivity contribution is -0.120. The number of methoxy groups -OCH3 is 1. The normalized spacial score (nSPS) is 12.1. The number of nitrogens with one attached hydrogen (secondary N) is 1. The first kappa shape index (κ1) is 23.6. The van der Waals surface area contributed by atoms with Crippen molar-refractivity contribution in [2.24, 2.45) is 0 Å². The number of sulfonamides is 1. The molecule has 0 aromatic heterocycles. The minimum atomic E-state index is -4.00. The van der Waals surface area contributed by atoms with Gasteiger partial charge in [-0.2, -0.15) is 0 Å². The van der Waals surface area contributed by atoms with Gasteiger partial charge in [-0.15, -0.1) is 0 Å². The molecular formula is C24H25ClN2O4S. The van der Waals surface area contributed by atoms with Crippen molar-refractivity contribution < 1.29 is 17.9 Å². The molecule has 0 aliphatic heterocycles. The number of anilines is 1. The van der Waals surface area contributed by atoms with Gasteiger partial charge in [0.25, 0.3) is 10.0 Å². The number of aryl methyl sites for hydroxylation is 1. The largest absolute Gasteiger partial charge is 0.497 e. The van der Waals surface area contributed by atoms with Crippen molar-refractivity contribution in [3.05, 3.63) is 88.9 Å². The lowest BCUT2D eigenvalue weighted by Gasteiger charge is -2.26. The van der Waals surface area contributed by atoms with E-state index in [1.54, 1.807) is 32.2 Å². The summed E-state index contributed by atoms with van der Waals surface area (Å²) in [6, 6.07) is 19.9. The minimum Gasteiger partial charge on any atom is -0.497 e. The van der Waals surface area contributed by atoms with E-state index in [1.807, 2.05) is 37.3 Å². The van der Waals surface area contributed by atoms with Crippen molar-refractivity contribution in [3.63, 3.8) is 0 Å². The summed E-state index contributed by atoms with van der Waals surface area (Å²) in [5, 5.41) is 3.31. The van der Waals surface area contributed by atoms with Gasteiger partial charge in [0.2, 0.25) is 5.91 Å². The third kappa shape index (κ3) is 5.41. The predicted octanol–water partition coefficient (Wildman–Crippen LogP) is 4.73. The number of para-hydroxylation sites is 1. The molecule has 6 nitrogen and oxygen atoms in total. The van der Waals surface area contributed by atoms with Gasteiger partial charge >= 0.3 is 0 Å². The monoisotopic (exact) mass is 472 g/mol. The molecule has 3 aromatic carbocycles. The number of rotatable bonds is 8. The van der Waals surface area contributed by atoms with Crippen molar-refractivity contribution in [2.45, 2.75) is 24.8 Å². The van der Waals surface area contributed by atoms with E-state index in [0.717, 1.165) is 15.4 Å². The second-order valence-corrected chi connectivity index (χ2v) is 9.61. The van der Waals surface area contributed by atoms with Gasteiger partial charge in [0.15, 0.2) is 0 Å². The summed E-state index contributed by atoms with van der Waals surface area (Å²) in [6.07, 6.45) is 0. The van der Waals surface area contributed by atoms with Crippen LogP contribution in [0.3, 0.4) is 0 Å². The van der Waals surface area contributed by atoms with Crippen LogP contribution >= 0.6 is 11.6 Å².